The van der Waals surface area contributed by atoms with Gasteiger partial charge in [-0.25, -0.2) is 0 Å². The van der Waals surface area contributed by atoms with E-state index in [1.165, 1.54) is 0 Å². The Kier molecular flexibility index (Phi) is 6.54. The number of anilines is 1. The summed E-state index contributed by atoms with van der Waals surface area (Å²) < 4.78 is 22.0. The van der Waals surface area contributed by atoms with Gasteiger partial charge in [-0.3, -0.25) is 9.59 Å². The molecule has 3 aromatic carbocycles. The third kappa shape index (κ3) is 4.73. The molecular weight excluding hydrogens is 434 g/mol. The molecule has 1 amide bonds. The Balaban J connectivity index is 1.44. The van der Waals surface area contributed by atoms with Crippen LogP contribution in [0, 0.1) is 13.8 Å². The number of fused-ring (bicyclic) bond motifs is 1. The maximum absolute atomic E-state index is 12.8. The van der Waals surface area contributed by atoms with Crippen molar-refractivity contribution in [1.29, 1.82) is 0 Å². The molecule has 0 saturated heterocycles. The van der Waals surface area contributed by atoms with Crippen molar-refractivity contribution in [2.75, 3.05) is 26.1 Å². The standard InChI is InChI=1S/C27H25NO6/c1-16-6-5-7-21(17(16)2)28-26(29)15-33-19-9-10-20-23(14-19)34-25(27(20)30)13-18-8-11-22(31-3)24(12-18)32-4/h5-14H,15H2,1-4H3,(H,28,29). The summed E-state index contributed by atoms with van der Waals surface area (Å²) in [6.07, 6.45) is 1.64. The number of hydrogen-bond acceptors (Lipinski definition) is 6. The van der Waals surface area contributed by atoms with Gasteiger partial charge in [0.25, 0.3) is 5.91 Å². The van der Waals surface area contributed by atoms with E-state index in [-0.39, 0.29) is 24.1 Å². The zero-order valence-corrected chi connectivity index (χ0v) is 19.4. The van der Waals surface area contributed by atoms with Gasteiger partial charge in [0.2, 0.25) is 5.78 Å². The van der Waals surface area contributed by atoms with E-state index in [4.69, 9.17) is 18.9 Å². The summed E-state index contributed by atoms with van der Waals surface area (Å²) in [4.78, 5) is 25.1. The molecule has 0 radical (unpaired) electrons. The zero-order valence-electron chi connectivity index (χ0n) is 19.4. The number of methoxy groups -OCH3 is 2. The third-order valence-corrected chi connectivity index (χ3v) is 5.60. The van der Waals surface area contributed by atoms with Gasteiger partial charge in [-0.15, -0.1) is 0 Å². The van der Waals surface area contributed by atoms with Crippen molar-refractivity contribution in [2.45, 2.75) is 13.8 Å². The van der Waals surface area contributed by atoms with Crippen molar-refractivity contribution in [1.82, 2.24) is 0 Å². The molecule has 3 aromatic rings. The number of allylic oxidation sites excluding steroid dienone is 1. The number of carbonyl (C=O) groups is 2. The summed E-state index contributed by atoms with van der Waals surface area (Å²) in [6.45, 7) is 3.77. The molecule has 174 valence electrons. The number of benzene rings is 3. The normalized spacial score (nSPS) is 13.3. The van der Waals surface area contributed by atoms with Gasteiger partial charge in [0, 0.05) is 11.8 Å². The topological polar surface area (TPSA) is 83.1 Å². The summed E-state index contributed by atoms with van der Waals surface area (Å²) in [5, 5.41) is 2.85. The van der Waals surface area contributed by atoms with Gasteiger partial charge < -0.3 is 24.3 Å². The number of hydrogen-bond donors (Lipinski definition) is 1. The highest BCUT2D eigenvalue weighted by molar-refractivity contribution is 6.14. The maximum atomic E-state index is 12.8. The lowest BCUT2D eigenvalue weighted by Crippen LogP contribution is -2.20. The fraction of sp³-hybridized carbons (Fsp3) is 0.185. The van der Waals surface area contributed by atoms with Crippen LogP contribution in [0.1, 0.15) is 27.0 Å². The van der Waals surface area contributed by atoms with Gasteiger partial charge in [-0.2, -0.15) is 0 Å². The molecule has 0 aromatic heterocycles. The summed E-state index contributed by atoms with van der Waals surface area (Å²) in [5.41, 5.74) is 4.01. The van der Waals surface area contributed by atoms with Crippen LogP contribution >= 0.6 is 0 Å². The van der Waals surface area contributed by atoms with Gasteiger partial charge in [-0.1, -0.05) is 18.2 Å². The second kappa shape index (κ2) is 9.70. The van der Waals surface area contributed by atoms with E-state index in [0.29, 0.717) is 28.6 Å². The van der Waals surface area contributed by atoms with E-state index in [2.05, 4.69) is 5.32 Å². The minimum Gasteiger partial charge on any atom is -0.493 e. The fourth-order valence-electron chi connectivity index (χ4n) is 3.57. The molecule has 7 nitrogen and oxygen atoms in total. The van der Waals surface area contributed by atoms with Crippen molar-refractivity contribution in [3.05, 3.63) is 82.6 Å². The third-order valence-electron chi connectivity index (χ3n) is 5.60. The van der Waals surface area contributed by atoms with E-state index in [0.717, 1.165) is 22.4 Å². The first-order valence-corrected chi connectivity index (χ1v) is 10.7. The Hall–Kier alpha value is -4.26. The predicted molar refractivity (Wildman–Crippen MR) is 129 cm³/mol. The average molecular weight is 459 g/mol. The number of amides is 1. The van der Waals surface area contributed by atoms with Gasteiger partial charge >= 0.3 is 0 Å². The zero-order chi connectivity index (χ0) is 24.2. The Labute approximate surface area is 197 Å². The average Bonchev–Trinajstić information content (AvgIpc) is 3.15. The lowest BCUT2D eigenvalue weighted by molar-refractivity contribution is -0.118. The number of Topliss-reactive ketones (excluding diaryl/α,β-unsaturated/α-hetero) is 1. The van der Waals surface area contributed by atoms with Crippen LogP contribution in [-0.2, 0) is 4.79 Å². The molecular formula is C27H25NO6. The van der Waals surface area contributed by atoms with E-state index in [1.807, 2.05) is 32.0 Å². The van der Waals surface area contributed by atoms with Gasteiger partial charge in [0.05, 0.1) is 19.8 Å². The molecule has 4 rings (SSSR count). The Morgan fingerprint density at radius 3 is 2.56 bits per heavy atom. The summed E-state index contributed by atoms with van der Waals surface area (Å²) in [5.74, 6) is 1.63. The van der Waals surface area contributed by atoms with Crippen LogP contribution in [0.3, 0.4) is 0 Å². The first kappa shape index (κ1) is 22.9. The lowest BCUT2D eigenvalue weighted by Gasteiger charge is -2.11. The lowest BCUT2D eigenvalue weighted by atomic mass is 10.1. The van der Waals surface area contributed by atoms with Gasteiger partial charge in [-0.05, 0) is 66.9 Å². The second-order valence-corrected chi connectivity index (χ2v) is 7.80. The molecule has 0 fully saturated rings. The highest BCUT2D eigenvalue weighted by atomic mass is 16.5. The summed E-state index contributed by atoms with van der Waals surface area (Å²) in [7, 11) is 3.11. The molecule has 0 unspecified atom stereocenters. The molecule has 7 heteroatoms. The Morgan fingerprint density at radius 1 is 1.00 bits per heavy atom. The van der Waals surface area contributed by atoms with Crippen LogP contribution in [0.15, 0.2) is 60.4 Å². The molecule has 1 aliphatic heterocycles. The first-order valence-electron chi connectivity index (χ1n) is 10.7. The highest BCUT2D eigenvalue weighted by Gasteiger charge is 2.28. The number of carbonyl (C=O) groups excluding carboxylic acids is 2. The largest absolute Gasteiger partial charge is 0.493 e. The number of rotatable bonds is 7. The van der Waals surface area contributed by atoms with Gasteiger partial charge in [0.1, 0.15) is 11.5 Å². The summed E-state index contributed by atoms with van der Waals surface area (Å²) in [6, 6.07) is 15.9. The number of aryl methyl sites for hydroxylation is 1. The van der Waals surface area contributed by atoms with E-state index >= 15 is 0 Å². The highest BCUT2D eigenvalue weighted by Crippen LogP contribution is 2.36. The van der Waals surface area contributed by atoms with Gasteiger partial charge in [0.15, 0.2) is 23.9 Å². The van der Waals surface area contributed by atoms with Crippen molar-refractivity contribution in [3.8, 4) is 23.0 Å². The molecule has 0 aliphatic carbocycles. The second-order valence-electron chi connectivity index (χ2n) is 7.80. The molecule has 1 N–H and O–H groups in total. The van der Waals surface area contributed by atoms with Crippen LogP contribution < -0.4 is 24.3 Å². The number of ketones is 1. The van der Waals surface area contributed by atoms with Crippen molar-refractivity contribution >= 4 is 23.5 Å². The molecule has 0 atom stereocenters. The van der Waals surface area contributed by atoms with E-state index < -0.39 is 0 Å². The van der Waals surface area contributed by atoms with Crippen LogP contribution in [0.5, 0.6) is 23.0 Å². The molecule has 0 spiro atoms. The minimum atomic E-state index is -0.278. The maximum Gasteiger partial charge on any atom is 0.262 e. The quantitative estimate of drug-likeness (QED) is 0.503. The predicted octanol–water partition coefficient (Wildman–Crippen LogP) is 4.95. The Morgan fingerprint density at radius 2 is 1.79 bits per heavy atom. The van der Waals surface area contributed by atoms with Crippen molar-refractivity contribution in [2.24, 2.45) is 0 Å². The smallest absolute Gasteiger partial charge is 0.262 e. The van der Waals surface area contributed by atoms with Crippen LogP contribution in [-0.4, -0.2) is 32.5 Å². The molecule has 34 heavy (non-hydrogen) atoms. The van der Waals surface area contributed by atoms with E-state index in [1.54, 1.807) is 56.7 Å². The number of nitrogens with one attached hydrogen (secondary N) is 1. The molecule has 0 bridgehead atoms. The molecule has 1 aliphatic rings. The molecule has 1 heterocycles. The van der Waals surface area contributed by atoms with Crippen LogP contribution in [0.4, 0.5) is 5.69 Å². The summed E-state index contributed by atoms with van der Waals surface area (Å²) >= 11 is 0. The van der Waals surface area contributed by atoms with E-state index in [9.17, 15) is 9.59 Å². The molecule has 0 saturated carbocycles. The first-order chi connectivity index (χ1) is 16.4. The monoisotopic (exact) mass is 459 g/mol. The van der Waals surface area contributed by atoms with Crippen LogP contribution in [0.25, 0.3) is 6.08 Å². The minimum absolute atomic E-state index is 0.172. The SMILES string of the molecule is COc1ccc(C=C2Oc3cc(OCC(=O)Nc4cccc(C)c4C)ccc3C2=O)cc1OC. The Bertz CT molecular complexity index is 1290. The van der Waals surface area contributed by atoms with Crippen molar-refractivity contribution in [3.63, 3.8) is 0 Å². The van der Waals surface area contributed by atoms with Crippen molar-refractivity contribution < 1.29 is 28.5 Å². The van der Waals surface area contributed by atoms with Crippen LogP contribution in [0.2, 0.25) is 0 Å². The number of ether oxygens (including phenoxy) is 4. The fourth-order valence-corrected chi connectivity index (χ4v) is 3.57.